The minimum atomic E-state index is 0.195. The summed E-state index contributed by atoms with van der Waals surface area (Å²) in [5.74, 6) is 1.04. The Hall–Kier alpha value is -1.06. The van der Waals surface area contributed by atoms with Crippen LogP contribution in [0.4, 0.5) is 0 Å². The molecule has 92 valence electrons. The summed E-state index contributed by atoms with van der Waals surface area (Å²) in [6.07, 6.45) is 2.87. The molecule has 0 radical (unpaired) electrons. The van der Waals surface area contributed by atoms with Gasteiger partial charge < -0.3 is 9.73 Å². The van der Waals surface area contributed by atoms with Crippen LogP contribution in [-0.4, -0.2) is 6.54 Å². The van der Waals surface area contributed by atoms with Gasteiger partial charge in [-0.25, -0.2) is 0 Å². The molecule has 0 fully saturated rings. The van der Waals surface area contributed by atoms with Crippen molar-refractivity contribution in [3.63, 3.8) is 0 Å². The Morgan fingerprint density at radius 3 is 2.65 bits per heavy atom. The van der Waals surface area contributed by atoms with Crippen LogP contribution in [0.3, 0.4) is 0 Å². The molecule has 2 rings (SSSR count). The first-order chi connectivity index (χ1) is 8.26. The molecule has 2 nitrogen and oxygen atoms in total. The highest BCUT2D eigenvalue weighted by Gasteiger charge is 2.19. The minimum Gasteiger partial charge on any atom is -0.467 e. The van der Waals surface area contributed by atoms with Crippen LogP contribution in [0.2, 0.25) is 0 Å². The molecular weight excluding hydrogens is 230 g/mol. The Bertz CT molecular complexity index is 472. The zero-order valence-electron chi connectivity index (χ0n) is 10.6. The van der Waals surface area contributed by atoms with Gasteiger partial charge in [0.25, 0.3) is 0 Å². The molecule has 0 amide bonds. The van der Waals surface area contributed by atoms with E-state index in [1.807, 2.05) is 17.4 Å². The molecule has 0 aliphatic heterocycles. The SMILES string of the molecule is CCNC(c1ccc(CC)s1)c1occc1C. The van der Waals surface area contributed by atoms with E-state index >= 15 is 0 Å². The summed E-state index contributed by atoms with van der Waals surface area (Å²) in [6, 6.07) is 6.63. The van der Waals surface area contributed by atoms with E-state index in [1.165, 1.54) is 15.3 Å². The van der Waals surface area contributed by atoms with Crippen molar-refractivity contribution >= 4 is 11.3 Å². The van der Waals surface area contributed by atoms with E-state index in [0.717, 1.165) is 18.7 Å². The normalized spacial score (nSPS) is 12.9. The maximum absolute atomic E-state index is 5.62. The highest BCUT2D eigenvalue weighted by molar-refractivity contribution is 7.12. The lowest BCUT2D eigenvalue weighted by Crippen LogP contribution is -2.21. The zero-order valence-corrected chi connectivity index (χ0v) is 11.4. The van der Waals surface area contributed by atoms with Crippen molar-refractivity contribution in [1.29, 1.82) is 0 Å². The first-order valence-corrected chi connectivity index (χ1v) is 6.93. The van der Waals surface area contributed by atoms with Crippen molar-refractivity contribution in [2.24, 2.45) is 0 Å². The van der Waals surface area contributed by atoms with Crippen LogP contribution < -0.4 is 5.32 Å². The molecular formula is C14H19NOS. The summed E-state index contributed by atoms with van der Waals surface area (Å²) in [6.45, 7) is 7.34. The molecule has 0 aromatic carbocycles. The fraction of sp³-hybridized carbons (Fsp3) is 0.429. The quantitative estimate of drug-likeness (QED) is 0.869. The average molecular weight is 249 g/mol. The Morgan fingerprint density at radius 2 is 2.12 bits per heavy atom. The zero-order chi connectivity index (χ0) is 12.3. The molecule has 1 N–H and O–H groups in total. The van der Waals surface area contributed by atoms with E-state index in [9.17, 15) is 0 Å². The molecule has 1 atom stereocenters. The van der Waals surface area contributed by atoms with Gasteiger partial charge in [-0.3, -0.25) is 0 Å². The lowest BCUT2D eigenvalue weighted by molar-refractivity contribution is 0.452. The Kier molecular flexibility index (Phi) is 4.02. The van der Waals surface area contributed by atoms with E-state index < -0.39 is 0 Å². The average Bonchev–Trinajstić information content (AvgIpc) is 2.95. The number of rotatable bonds is 5. The third-order valence-corrected chi connectivity index (χ3v) is 4.18. The van der Waals surface area contributed by atoms with Gasteiger partial charge in [-0.15, -0.1) is 11.3 Å². The van der Waals surface area contributed by atoms with Crippen molar-refractivity contribution in [2.45, 2.75) is 33.2 Å². The number of furan rings is 1. The first-order valence-electron chi connectivity index (χ1n) is 6.12. The van der Waals surface area contributed by atoms with Crippen molar-refractivity contribution < 1.29 is 4.42 Å². The van der Waals surface area contributed by atoms with E-state index in [4.69, 9.17) is 4.42 Å². The number of nitrogens with one attached hydrogen (secondary N) is 1. The van der Waals surface area contributed by atoms with Crippen LogP contribution in [0.1, 0.15) is 41.0 Å². The van der Waals surface area contributed by atoms with Gasteiger partial charge in [-0.05, 0) is 43.7 Å². The number of thiophene rings is 1. The molecule has 17 heavy (non-hydrogen) atoms. The van der Waals surface area contributed by atoms with E-state index in [2.05, 4.69) is 38.2 Å². The summed E-state index contributed by atoms with van der Waals surface area (Å²) in [5.41, 5.74) is 1.21. The van der Waals surface area contributed by atoms with E-state index in [1.54, 1.807) is 6.26 Å². The maximum atomic E-state index is 5.62. The number of hydrogen-bond donors (Lipinski definition) is 1. The van der Waals surface area contributed by atoms with E-state index in [0.29, 0.717) is 0 Å². The largest absolute Gasteiger partial charge is 0.467 e. The van der Waals surface area contributed by atoms with Crippen LogP contribution in [0.15, 0.2) is 28.9 Å². The fourth-order valence-corrected chi connectivity index (χ4v) is 2.97. The highest BCUT2D eigenvalue weighted by atomic mass is 32.1. The second-order valence-electron chi connectivity index (χ2n) is 4.12. The first kappa shape index (κ1) is 12.4. The maximum Gasteiger partial charge on any atom is 0.128 e. The van der Waals surface area contributed by atoms with Crippen molar-refractivity contribution in [3.8, 4) is 0 Å². The second-order valence-corrected chi connectivity index (χ2v) is 5.32. The molecule has 2 aromatic rings. The standard InChI is InChI=1S/C14H19NOS/c1-4-11-6-7-12(17-11)13(15-5-2)14-10(3)8-9-16-14/h6-9,13,15H,4-5H2,1-3H3. The van der Waals surface area contributed by atoms with Crippen molar-refractivity contribution in [3.05, 3.63) is 45.5 Å². The van der Waals surface area contributed by atoms with Gasteiger partial charge in [0.2, 0.25) is 0 Å². The molecule has 0 spiro atoms. The summed E-state index contributed by atoms with van der Waals surface area (Å²) >= 11 is 1.87. The van der Waals surface area contributed by atoms with Crippen molar-refractivity contribution in [1.82, 2.24) is 5.32 Å². The highest BCUT2D eigenvalue weighted by Crippen LogP contribution is 2.30. The fourth-order valence-electron chi connectivity index (χ4n) is 1.95. The van der Waals surface area contributed by atoms with Gasteiger partial charge >= 0.3 is 0 Å². The summed E-state index contributed by atoms with van der Waals surface area (Å²) < 4.78 is 5.62. The van der Waals surface area contributed by atoms with Gasteiger partial charge in [-0.1, -0.05) is 13.8 Å². The van der Waals surface area contributed by atoms with Crippen LogP contribution >= 0.6 is 11.3 Å². The van der Waals surface area contributed by atoms with Crippen LogP contribution in [0.5, 0.6) is 0 Å². The molecule has 2 aromatic heterocycles. The van der Waals surface area contributed by atoms with Gasteiger partial charge in [0.1, 0.15) is 11.8 Å². The Morgan fingerprint density at radius 1 is 1.29 bits per heavy atom. The third kappa shape index (κ3) is 2.61. The van der Waals surface area contributed by atoms with Crippen LogP contribution in [0, 0.1) is 6.92 Å². The van der Waals surface area contributed by atoms with Crippen molar-refractivity contribution in [2.75, 3.05) is 6.54 Å². The van der Waals surface area contributed by atoms with E-state index in [-0.39, 0.29) is 6.04 Å². The second kappa shape index (κ2) is 5.52. The predicted molar refractivity (Wildman–Crippen MR) is 72.7 cm³/mol. The number of hydrogen-bond acceptors (Lipinski definition) is 3. The predicted octanol–water partition coefficient (Wildman–Crippen LogP) is 3.91. The summed E-state index contributed by atoms with van der Waals surface area (Å²) in [4.78, 5) is 2.76. The molecule has 0 saturated carbocycles. The lowest BCUT2D eigenvalue weighted by atomic mass is 10.1. The smallest absolute Gasteiger partial charge is 0.128 e. The van der Waals surface area contributed by atoms with Gasteiger partial charge in [-0.2, -0.15) is 0 Å². The van der Waals surface area contributed by atoms with Crippen LogP contribution in [-0.2, 0) is 6.42 Å². The lowest BCUT2D eigenvalue weighted by Gasteiger charge is -2.14. The molecule has 0 saturated heterocycles. The molecule has 0 aliphatic rings. The summed E-state index contributed by atoms with van der Waals surface area (Å²) in [7, 11) is 0. The van der Waals surface area contributed by atoms with Gasteiger partial charge in [0.05, 0.1) is 6.26 Å². The molecule has 3 heteroatoms. The molecule has 1 unspecified atom stereocenters. The Labute approximate surface area is 107 Å². The molecule has 0 aliphatic carbocycles. The topological polar surface area (TPSA) is 25.2 Å². The third-order valence-electron chi connectivity index (χ3n) is 2.89. The number of aryl methyl sites for hydroxylation is 2. The summed E-state index contributed by atoms with van der Waals surface area (Å²) in [5, 5.41) is 3.50. The van der Waals surface area contributed by atoms with Gasteiger partial charge in [0.15, 0.2) is 0 Å². The minimum absolute atomic E-state index is 0.195. The molecule has 0 bridgehead atoms. The molecule has 2 heterocycles. The monoisotopic (exact) mass is 249 g/mol. The van der Waals surface area contributed by atoms with Gasteiger partial charge in [0, 0.05) is 9.75 Å². The Balaban J connectivity index is 2.32. The van der Waals surface area contributed by atoms with Crippen LogP contribution in [0.25, 0.3) is 0 Å².